The van der Waals surface area contributed by atoms with Gasteiger partial charge < -0.3 is 18.9 Å². The van der Waals surface area contributed by atoms with Crippen molar-refractivity contribution in [2.45, 2.75) is 84.0 Å². The summed E-state index contributed by atoms with van der Waals surface area (Å²) < 4.78 is 50.6. The number of para-hydroxylation sites is 1. The van der Waals surface area contributed by atoms with Gasteiger partial charge in [-0.1, -0.05) is 36.4 Å². The Hall–Kier alpha value is -3.23. The molecule has 0 aromatic heterocycles. The zero-order valence-electron chi connectivity index (χ0n) is 22.4. The fourth-order valence-electron chi connectivity index (χ4n) is 4.40. The number of hydrogen-bond donors (Lipinski definition) is 0. The number of carbonyl (C=O) groups excluding carboxylic acids is 3. The van der Waals surface area contributed by atoms with Crippen LogP contribution in [0.1, 0.15) is 59.8 Å². The summed E-state index contributed by atoms with van der Waals surface area (Å²) in [6.45, 7) is 5.26. The van der Waals surface area contributed by atoms with Crippen LogP contribution in [0.2, 0.25) is 0 Å². The first-order valence-corrected chi connectivity index (χ1v) is 12.9. The van der Waals surface area contributed by atoms with E-state index in [1.807, 2.05) is 12.2 Å². The van der Waals surface area contributed by atoms with E-state index in [4.69, 9.17) is 18.9 Å². The summed E-state index contributed by atoms with van der Waals surface area (Å²) in [5.41, 5.74) is 0. The topological polar surface area (TPSA) is 88.1 Å². The molecule has 1 aromatic carbocycles. The first kappa shape index (κ1) is 31.0. The summed E-state index contributed by atoms with van der Waals surface area (Å²) in [5.74, 6) is -5.23. The van der Waals surface area contributed by atoms with Crippen LogP contribution in [-0.4, -0.2) is 48.7 Å². The predicted octanol–water partition coefficient (Wildman–Crippen LogP) is 5.82. The quantitative estimate of drug-likeness (QED) is 0.128. The first-order valence-electron chi connectivity index (χ1n) is 12.9. The van der Waals surface area contributed by atoms with Crippen molar-refractivity contribution in [2.24, 2.45) is 11.8 Å². The lowest BCUT2D eigenvalue weighted by Crippen LogP contribution is -2.27. The number of alkyl halides is 2. The molecule has 1 aliphatic carbocycles. The lowest BCUT2D eigenvalue weighted by molar-refractivity contribution is -0.150. The number of hydrogen-bond acceptors (Lipinski definition) is 7. The van der Waals surface area contributed by atoms with Crippen molar-refractivity contribution in [2.75, 3.05) is 6.61 Å². The van der Waals surface area contributed by atoms with Gasteiger partial charge in [-0.05, 0) is 51.3 Å². The molecule has 1 fully saturated rings. The summed E-state index contributed by atoms with van der Waals surface area (Å²) in [6.07, 6.45) is 6.54. The number of esters is 3. The van der Waals surface area contributed by atoms with Gasteiger partial charge in [-0.3, -0.25) is 14.4 Å². The molecule has 1 aliphatic rings. The van der Waals surface area contributed by atoms with E-state index in [9.17, 15) is 23.2 Å². The Morgan fingerprint density at radius 3 is 2.32 bits per heavy atom. The van der Waals surface area contributed by atoms with Crippen molar-refractivity contribution in [1.29, 1.82) is 0 Å². The number of rotatable bonds is 14. The molecule has 0 saturated heterocycles. The van der Waals surface area contributed by atoms with E-state index in [1.54, 1.807) is 44.2 Å². The Labute approximate surface area is 223 Å². The molecule has 7 nitrogen and oxygen atoms in total. The van der Waals surface area contributed by atoms with Gasteiger partial charge in [0, 0.05) is 38.5 Å². The molecule has 1 aromatic rings. The highest BCUT2D eigenvalue weighted by Gasteiger charge is 2.45. The van der Waals surface area contributed by atoms with Gasteiger partial charge in [0.25, 0.3) is 5.92 Å². The number of benzene rings is 1. The highest BCUT2D eigenvalue weighted by Crippen LogP contribution is 2.40. The maximum Gasteiger partial charge on any atom is 0.306 e. The van der Waals surface area contributed by atoms with E-state index in [-0.39, 0.29) is 24.4 Å². The Bertz CT molecular complexity index is 959. The SMILES string of the molecule is CC(=O)O[C@H]1C[C@@H](OC(C)=O)[C@H](/C=C/C(F)(F)COc2ccccc2)[C@H]1C/C=C\CCCC(=O)OC(C)C. The van der Waals surface area contributed by atoms with E-state index >= 15 is 0 Å². The number of unbranched alkanes of at least 4 members (excludes halogenated alkanes) is 1. The van der Waals surface area contributed by atoms with Crippen LogP contribution in [0.4, 0.5) is 8.78 Å². The largest absolute Gasteiger partial charge is 0.487 e. The molecule has 0 heterocycles. The maximum absolute atomic E-state index is 14.7. The molecule has 210 valence electrons. The molecular formula is C29H38F2O7. The zero-order chi connectivity index (χ0) is 28.1. The second kappa shape index (κ2) is 15.2. The van der Waals surface area contributed by atoms with Crippen molar-refractivity contribution in [3.05, 3.63) is 54.6 Å². The molecule has 0 aliphatic heterocycles. The lowest BCUT2D eigenvalue weighted by Gasteiger charge is -2.23. The third kappa shape index (κ3) is 11.4. The number of allylic oxidation sites excluding steroid dienone is 2. The molecule has 0 amide bonds. The Kier molecular flexibility index (Phi) is 12.4. The number of carbonyl (C=O) groups is 3. The molecule has 2 rings (SSSR count). The minimum Gasteiger partial charge on any atom is -0.487 e. The molecule has 1 saturated carbocycles. The van der Waals surface area contributed by atoms with Crippen molar-refractivity contribution < 1.29 is 42.1 Å². The summed E-state index contributed by atoms with van der Waals surface area (Å²) in [4.78, 5) is 35.1. The predicted molar refractivity (Wildman–Crippen MR) is 138 cm³/mol. The molecule has 0 radical (unpaired) electrons. The minimum absolute atomic E-state index is 0.161. The van der Waals surface area contributed by atoms with E-state index < -0.39 is 42.6 Å². The van der Waals surface area contributed by atoms with Crippen molar-refractivity contribution >= 4 is 17.9 Å². The highest BCUT2D eigenvalue weighted by atomic mass is 19.3. The summed E-state index contributed by atoms with van der Waals surface area (Å²) in [6, 6.07) is 8.32. The average molecular weight is 537 g/mol. The normalized spacial score (nSPS) is 21.7. The van der Waals surface area contributed by atoms with Gasteiger partial charge in [0.1, 0.15) is 18.0 Å². The molecule has 0 bridgehead atoms. The van der Waals surface area contributed by atoms with Gasteiger partial charge in [0.15, 0.2) is 6.61 Å². The molecular weight excluding hydrogens is 498 g/mol. The standard InChI is InChI=1S/C29H38F2O7/c1-20(2)36-28(34)15-11-6-5-10-14-24-25(27(38-22(4)33)18-26(24)37-21(3)32)16-17-29(30,31)19-35-23-12-8-7-9-13-23/h5,7-10,12-13,16-17,20,24-27H,6,11,14-15,18-19H2,1-4H3/b10-5-,17-16+/t24-,25-,26+,27-/m1/s1. The Morgan fingerprint density at radius 2 is 1.68 bits per heavy atom. The van der Waals surface area contributed by atoms with Crippen LogP contribution in [0, 0.1) is 11.8 Å². The van der Waals surface area contributed by atoms with Crippen molar-refractivity contribution in [3.8, 4) is 5.75 Å². The fourth-order valence-corrected chi connectivity index (χ4v) is 4.40. The van der Waals surface area contributed by atoms with Crippen LogP contribution in [-0.2, 0) is 28.6 Å². The van der Waals surface area contributed by atoms with Crippen molar-refractivity contribution in [3.63, 3.8) is 0 Å². The molecule has 9 heteroatoms. The van der Waals surface area contributed by atoms with E-state index in [1.165, 1.54) is 19.9 Å². The van der Waals surface area contributed by atoms with Crippen LogP contribution in [0.25, 0.3) is 0 Å². The third-order valence-electron chi connectivity index (χ3n) is 5.93. The molecule has 4 atom stereocenters. The van der Waals surface area contributed by atoms with Gasteiger partial charge in [-0.2, -0.15) is 8.78 Å². The van der Waals surface area contributed by atoms with Gasteiger partial charge in [0.05, 0.1) is 6.10 Å². The second-order valence-electron chi connectivity index (χ2n) is 9.63. The van der Waals surface area contributed by atoms with E-state index in [2.05, 4.69) is 0 Å². The molecule has 0 unspecified atom stereocenters. The van der Waals surface area contributed by atoms with Crippen LogP contribution in [0.5, 0.6) is 5.75 Å². The molecule has 0 spiro atoms. The smallest absolute Gasteiger partial charge is 0.306 e. The number of halogens is 2. The summed E-state index contributed by atoms with van der Waals surface area (Å²) >= 11 is 0. The molecule has 38 heavy (non-hydrogen) atoms. The Morgan fingerprint density at radius 1 is 1.03 bits per heavy atom. The van der Waals surface area contributed by atoms with Crippen molar-refractivity contribution in [1.82, 2.24) is 0 Å². The van der Waals surface area contributed by atoms with Gasteiger partial charge >= 0.3 is 17.9 Å². The van der Waals surface area contributed by atoms with E-state index in [0.717, 1.165) is 6.08 Å². The van der Waals surface area contributed by atoms with Crippen LogP contribution in [0.3, 0.4) is 0 Å². The summed E-state index contributed by atoms with van der Waals surface area (Å²) in [5, 5.41) is 0. The summed E-state index contributed by atoms with van der Waals surface area (Å²) in [7, 11) is 0. The average Bonchev–Trinajstić information content (AvgIpc) is 3.13. The van der Waals surface area contributed by atoms with Crippen LogP contribution >= 0.6 is 0 Å². The highest BCUT2D eigenvalue weighted by molar-refractivity contribution is 5.69. The number of ether oxygens (including phenoxy) is 4. The van der Waals surface area contributed by atoms with Crippen LogP contribution in [0.15, 0.2) is 54.6 Å². The second-order valence-corrected chi connectivity index (χ2v) is 9.63. The van der Waals surface area contributed by atoms with E-state index in [0.29, 0.717) is 31.4 Å². The van der Waals surface area contributed by atoms with Crippen LogP contribution < -0.4 is 4.74 Å². The third-order valence-corrected chi connectivity index (χ3v) is 5.93. The van der Waals surface area contributed by atoms with Gasteiger partial charge in [-0.25, -0.2) is 0 Å². The monoisotopic (exact) mass is 536 g/mol. The van der Waals surface area contributed by atoms with Gasteiger partial charge in [-0.15, -0.1) is 0 Å². The lowest BCUT2D eigenvalue weighted by atomic mass is 9.89. The fraction of sp³-hybridized carbons (Fsp3) is 0.552. The molecule has 0 N–H and O–H groups in total. The minimum atomic E-state index is -3.28. The zero-order valence-corrected chi connectivity index (χ0v) is 22.4. The van der Waals surface area contributed by atoms with Gasteiger partial charge in [0.2, 0.25) is 0 Å². The maximum atomic E-state index is 14.7. The first-order chi connectivity index (χ1) is 18.0. The Balaban J connectivity index is 2.09.